The van der Waals surface area contributed by atoms with Gasteiger partial charge in [0.15, 0.2) is 15.6 Å². The second-order valence-corrected chi connectivity index (χ2v) is 7.46. The fourth-order valence-corrected chi connectivity index (χ4v) is 2.98. The number of rotatable bonds is 5. The van der Waals surface area contributed by atoms with E-state index in [4.69, 9.17) is 0 Å². The first kappa shape index (κ1) is 16.9. The zero-order valence-electron chi connectivity index (χ0n) is 12.9. The zero-order chi connectivity index (χ0) is 17.0. The Bertz CT molecular complexity index is 856. The van der Waals surface area contributed by atoms with Crippen LogP contribution in [-0.4, -0.2) is 26.4 Å². The molecule has 0 aromatic heterocycles. The molecule has 0 saturated heterocycles. The minimum atomic E-state index is -3.25. The van der Waals surface area contributed by atoms with Crippen molar-refractivity contribution in [3.63, 3.8) is 0 Å². The maximum atomic E-state index is 12.4. The van der Waals surface area contributed by atoms with Crippen LogP contribution in [0.15, 0.2) is 48.5 Å². The second-order valence-electron chi connectivity index (χ2n) is 5.32. The number of sulfone groups is 1. The Morgan fingerprint density at radius 2 is 1.74 bits per heavy atom. The van der Waals surface area contributed by atoms with Crippen LogP contribution < -0.4 is 5.32 Å². The largest absolute Gasteiger partial charge is 0.322 e. The molecule has 6 heteroatoms. The van der Waals surface area contributed by atoms with E-state index in [0.29, 0.717) is 22.4 Å². The van der Waals surface area contributed by atoms with Crippen molar-refractivity contribution < 1.29 is 18.0 Å². The standard InChI is InChI=1S/C17H17NO4S/c1-12(19)13-7-5-8-15(10-13)18-17(20)16-9-4-3-6-14(16)11-23(2,21)22/h3-10H,11H2,1-2H3,(H,18,20). The van der Waals surface area contributed by atoms with Crippen LogP contribution in [-0.2, 0) is 15.6 Å². The van der Waals surface area contributed by atoms with E-state index in [1.165, 1.54) is 6.92 Å². The van der Waals surface area contributed by atoms with Gasteiger partial charge in [0.05, 0.1) is 5.75 Å². The smallest absolute Gasteiger partial charge is 0.255 e. The van der Waals surface area contributed by atoms with Crippen LogP contribution in [0.4, 0.5) is 5.69 Å². The molecule has 120 valence electrons. The second kappa shape index (κ2) is 6.75. The molecule has 0 spiro atoms. The van der Waals surface area contributed by atoms with Gasteiger partial charge in [0.1, 0.15) is 0 Å². The molecule has 2 aromatic rings. The third kappa shape index (κ3) is 4.75. The number of nitrogens with one attached hydrogen (secondary N) is 1. The maximum Gasteiger partial charge on any atom is 0.255 e. The van der Waals surface area contributed by atoms with Crippen molar-refractivity contribution in [1.29, 1.82) is 0 Å². The number of hydrogen-bond acceptors (Lipinski definition) is 4. The van der Waals surface area contributed by atoms with Crippen molar-refractivity contribution in [3.05, 3.63) is 65.2 Å². The fraction of sp³-hybridized carbons (Fsp3) is 0.176. The van der Waals surface area contributed by atoms with Gasteiger partial charge in [-0.3, -0.25) is 9.59 Å². The monoisotopic (exact) mass is 331 g/mol. The summed E-state index contributed by atoms with van der Waals surface area (Å²) in [6.45, 7) is 1.45. The van der Waals surface area contributed by atoms with Gasteiger partial charge < -0.3 is 5.32 Å². The summed E-state index contributed by atoms with van der Waals surface area (Å²) in [5.41, 5.74) is 1.71. The Hall–Kier alpha value is -2.47. The topological polar surface area (TPSA) is 80.3 Å². The molecule has 5 nitrogen and oxygen atoms in total. The highest BCUT2D eigenvalue weighted by atomic mass is 32.2. The lowest BCUT2D eigenvalue weighted by atomic mass is 10.1. The highest BCUT2D eigenvalue weighted by molar-refractivity contribution is 7.89. The van der Waals surface area contributed by atoms with Crippen molar-refractivity contribution in [2.45, 2.75) is 12.7 Å². The van der Waals surface area contributed by atoms with Gasteiger partial charge in [0.25, 0.3) is 5.91 Å². The Balaban J connectivity index is 2.28. The van der Waals surface area contributed by atoms with Crippen LogP contribution in [0.1, 0.15) is 33.2 Å². The van der Waals surface area contributed by atoms with E-state index in [9.17, 15) is 18.0 Å². The van der Waals surface area contributed by atoms with E-state index >= 15 is 0 Å². The first-order valence-electron chi connectivity index (χ1n) is 6.94. The molecular weight excluding hydrogens is 314 g/mol. The average molecular weight is 331 g/mol. The molecule has 0 bridgehead atoms. The van der Waals surface area contributed by atoms with Gasteiger partial charge in [-0.25, -0.2) is 8.42 Å². The Morgan fingerprint density at radius 3 is 2.39 bits per heavy atom. The molecule has 2 rings (SSSR count). The minimum Gasteiger partial charge on any atom is -0.322 e. The van der Waals surface area contributed by atoms with Crippen LogP contribution in [0.25, 0.3) is 0 Å². The van der Waals surface area contributed by atoms with E-state index in [-0.39, 0.29) is 11.5 Å². The number of Topliss-reactive ketones (excluding diaryl/α,β-unsaturated/α-hetero) is 1. The average Bonchev–Trinajstić information content (AvgIpc) is 2.46. The van der Waals surface area contributed by atoms with Gasteiger partial charge in [-0.15, -0.1) is 0 Å². The fourth-order valence-electron chi connectivity index (χ4n) is 2.16. The van der Waals surface area contributed by atoms with Gasteiger partial charge >= 0.3 is 0 Å². The lowest BCUT2D eigenvalue weighted by Gasteiger charge is -2.10. The minimum absolute atomic E-state index is 0.0985. The third-order valence-electron chi connectivity index (χ3n) is 3.21. The molecule has 2 aromatic carbocycles. The molecule has 0 fully saturated rings. The molecule has 0 aliphatic rings. The van der Waals surface area contributed by atoms with Crippen LogP contribution in [0.3, 0.4) is 0 Å². The number of hydrogen-bond donors (Lipinski definition) is 1. The van der Waals surface area contributed by atoms with E-state index < -0.39 is 15.7 Å². The van der Waals surface area contributed by atoms with Crippen LogP contribution in [0.2, 0.25) is 0 Å². The Morgan fingerprint density at radius 1 is 1.04 bits per heavy atom. The van der Waals surface area contributed by atoms with Gasteiger partial charge in [0, 0.05) is 23.1 Å². The van der Waals surface area contributed by atoms with Crippen molar-refractivity contribution in [3.8, 4) is 0 Å². The maximum absolute atomic E-state index is 12.4. The quantitative estimate of drug-likeness (QED) is 0.854. The lowest BCUT2D eigenvalue weighted by Crippen LogP contribution is -2.16. The summed E-state index contributed by atoms with van der Waals surface area (Å²) >= 11 is 0. The normalized spacial score (nSPS) is 11.0. The van der Waals surface area contributed by atoms with Crippen molar-refractivity contribution in [2.24, 2.45) is 0 Å². The summed E-state index contributed by atoms with van der Waals surface area (Å²) in [6.07, 6.45) is 1.12. The van der Waals surface area contributed by atoms with Crippen LogP contribution in [0, 0.1) is 0 Å². The van der Waals surface area contributed by atoms with E-state index in [1.54, 1.807) is 48.5 Å². The van der Waals surface area contributed by atoms with Gasteiger partial charge in [-0.05, 0) is 30.7 Å². The molecule has 23 heavy (non-hydrogen) atoms. The molecule has 0 aliphatic carbocycles. The highest BCUT2D eigenvalue weighted by Gasteiger charge is 2.15. The summed E-state index contributed by atoms with van der Waals surface area (Å²) in [6, 6.07) is 13.1. The highest BCUT2D eigenvalue weighted by Crippen LogP contribution is 2.16. The predicted octanol–water partition coefficient (Wildman–Crippen LogP) is 2.69. The number of benzene rings is 2. The molecule has 0 radical (unpaired) electrons. The number of ketones is 1. The Labute approximate surface area is 135 Å². The van der Waals surface area contributed by atoms with E-state index in [2.05, 4.69) is 5.32 Å². The van der Waals surface area contributed by atoms with Crippen molar-refractivity contribution in [1.82, 2.24) is 0 Å². The third-order valence-corrected chi connectivity index (χ3v) is 4.04. The lowest BCUT2D eigenvalue weighted by molar-refractivity contribution is 0.101. The number of amides is 1. The van der Waals surface area contributed by atoms with Gasteiger partial charge in [0.2, 0.25) is 0 Å². The summed E-state index contributed by atoms with van der Waals surface area (Å²) in [4.78, 5) is 23.8. The number of carbonyl (C=O) groups excluding carboxylic acids is 2. The molecule has 1 N–H and O–H groups in total. The van der Waals surface area contributed by atoms with Crippen LogP contribution >= 0.6 is 0 Å². The molecule has 0 aliphatic heterocycles. The Kier molecular flexibility index (Phi) is 4.95. The van der Waals surface area contributed by atoms with Crippen molar-refractivity contribution in [2.75, 3.05) is 11.6 Å². The summed E-state index contributed by atoms with van der Waals surface area (Å²) in [5, 5.41) is 2.69. The molecule has 0 atom stereocenters. The molecule has 0 unspecified atom stereocenters. The van der Waals surface area contributed by atoms with E-state index in [1.807, 2.05) is 0 Å². The summed E-state index contributed by atoms with van der Waals surface area (Å²) < 4.78 is 23.0. The first-order valence-corrected chi connectivity index (χ1v) is 9.00. The van der Waals surface area contributed by atoms with Crippen LogP contribution in [0.5, 0.6) is 0 Å². The molecule has 0 heterocycles. The number of carbonyl (C=O) groups is 2. The van der Waals surface area contributed by atoms with Gasteiger partial charge in [-0.2, -0.15) is 0 Å². The van der Waals surface area contributed by atoms with Crippen molar-refractivity contribution >= 4 is 27.2 Å². The summed E-state index contributed by atoms with van der Waals surface area (Å²) in [7, 11) is -3.25. The zero-order valence-corrected chi connectivity index (χ0v) is 13.7. The first-order chi connectivity index (χ1) is 10.8. The molecular formula is C17H17NO4S. The molecule has 1 amide bonds. The van der Waals surface area contributed by atoms with E-state index in [0.717, 1.165) is 6.26 Å². The predicted molar refractivity (Wildman–Crippen MR) is 89.4 cm³/mol. The van der Waals surface area contributed by atoms with Gasteiger partial charge in [-0.1, -0.05) is 30.3 Å². The molecule has 0 saturated carbocycles. The number of anilines is 1. The SMILES string of the molecule is CC(=O)c1cccc(NC(=O)c2ccccc2CS(C)(=O)=O)c1. The summed E-state index contributed by atoms with van der Waals surface area (Å²) in [5.74, 6) is -0.715.